The molecule has 2 atom stereocenters. The van der Waals surface area contributed by atoms with Gasteiger partial charge in [0.1, 0.15) is 5.60 Å². The van der Waals surface area contributed by atoms with Crippen molar-refractivity contribution in [2.45, 2.75) is 40.2 Å². The lowest BCUT2D eigenvalue weighted by molar-refractivity contribution is -0.142. The number of ether oxygens (including phenoxy) is 1. The van der Waals surface area contributed by atoms with E-state index >= 15 is 0 Å². The molecule has 7 heteroatoms. The average molecular weight is 326 g/mol. The molecular formula is C16H26N2O5. The van der Waals surface area contributed by atoms with Crippen molar-refractivity contribution in [3.8, 4) is 0 Å². The number of aliphatic carboxylic acids is 1. The topological polar surface area (TPSA) is 87.2 Å². The molecule has 1 N–H and O–H groups in total. The van der Waals surface area contributed by atoms with E-state index in [1.807, 2.05) is 34.6 Å². The van der Waals surface area contributed by atoms with Crippen LogP contribution in [0.25, 0.3) is 0 Å². The number of piperazine rings is 1. The van der Waals surface area contributed by atoms with Gasteiger partial charge < -0.3 is 19.6 Å². The Kier molecular flexibility index (Phi) is 4.34. The molecule has 0 spiro atoms. The summed E-state index contributed by atoms with van der Waals surface area (Å²) in [5.74, 6) is -2.11. The number of rotatable bonds is 2. The molecule has 1 aliphatic carbocycles. The fourth-order valence-corrected chi connectivity index (χ4v) is 3.19. The molecule has 0 bridgehead atoms. The van der Waals surface area contributed by atoms with Crippen molar-refractivity contribution >= 4 is 18.0 Å². The van der Waals surface area contributed by atoms with E-state index < -0.39 is 28.8 Å². The second-order valence-corrected chi connectivity index (χ2v) is 7.91. The van der Waals surface area contributed by atoms with E-state index in [4.69, 9.17) is 4.74 Å². The molecule has 0 unspecified atom stereocenters. The van der Waals surface area contributed by atoms with Crippen LogP contribution >= 0.6 is 0 Å². The maximum atomic E-state index is 12.5. The molecule has 0 radical (unpaired) electrons. The molecule has 1 saturated heterocycles. The maximum Gasteiger partial charge on any atom is 0.410 e. The first-order chi connectivity index (χ1) is 10.4. The van der Waals surface area contributed by atoms with Gasteiger partial charge in [-0.05, 0) is 26.2 Å². The number of carbonyl (C=O) groups excluding carboxylic acids is 2. The zero-order valence-corrected chi connectivity index (χ0v) is 14.5. The van der Waals surface area contributed by atoms with Crippen molar-refractivity contribution in [2.24, 2.45) is 17.3 Å². The van der Waals surface area contributed by atoms with Gasteiger partial charge in [-0.3, -0.25) is 9.59 Å². The first-order valence-electron chi connectivity index (χ1n) is 7.94. The van der Waals surface area contributed by atoms with Crippen molar-refractivity contribution < 1.29 is 24.2 Å². The van der Waals surface area contributed by atoms with E-state index in [2.05, 4.69) is 0 Å². The van der Waals surface area contributed by atoms with Crippen LogP contribution in [0.1, 0.15) is 34.6 Å². The molecule has 2 aliphatic rings. The third kappa shape index (κ3) is 3.59. The Bertz CT molecular complexity index is 515. The summed E-state index contributed by atoms with van der Waals surface area (Å²) in [7, 11) is 0. The maximum absolute atomic E-state index is 12.5. The quantitative estimate of drug-likeness (QED) is 0.829. The van der Waals surface area contributed by atoms with Gasteiger partial charge in [-0.25, -0.2) is 4.79 Å². The van der Waals surface area contributed by atoms with Crippen molar-refractivity contribution in [1.82, 2.24) is 9.80 Å². The normalized spacial score (nSPS) is 26.7. The van der Waals surface area contributed by atoms with E-state index in [0.717, 1.165) is 0 Å². The summed E-state index contributed by atoms with van der Waals surface area (Å²) in [5.41, 5.74) is -1.04. The van der Waals surface area contributed by atoms with Crippen molar-refractivity contribution in [3.63, 3.8) is 0 Å². The fourth-order valence-electron chi connectivity index (χ4n) is 3.19. The highest BCUT2D eigenvalue weighted by atomic mass is 16.6. The summed E-state index contributed by atoms with van der Waals surface area (Å²) in [6.45, 7) is 10.7. The minimum Gasteiger partial charge on any atom is -0.481 e. The van der Waals surface area contributed by atoms with Gasteiger partial charge in [-0.1, -0.05) is 13.8 Å². The largest absolute Gasteiger partial charge is 0.481 e. The Morgan fingerprint density at radius 3 is 1.87 bits per heavy atom. The molecule has 1 saturated carbocycles. The highest BCUT2D eigenvalue weighted by Gasteiger charge is 2.66. The Labute approximate surface area is 136 Å². The molecule has 2 rings (SSSR count). The van der Waals surface area contributed by atoms with Crippen LogP contribution in [0.4, 0.5) is 4.79 Å². The van der Waals surface area contributed by atoms with E-state index in [1.54, 1.807) is 9.80 Å². The number of hydrogen-bond acceptors (Lipinski definition) is 4. The first-order valence-corrected chi connectivity index (χ1v) is 7.94. The molecule has 7 nitrogen and oxygen atoms in total. The molecule has 23 heavy (non-hydrogen) atoms. The summed E-state index contributed by atoms with van der Waals surface area (Å²) in [6, 6.07) is 0. The third-order valence-electron chi connectivity index (χ3n) is 4.60. The summed E-state index contributed by atoms with van der Waals surface area (Å²) in [6.07, 6.45) is -0.375. The smallest absolute Gasteiger partial charge is 0.410 e. The second kappa shape index (κ2) is 5.69. The SMILES string of the molecule is CC(C)(C)OC(=O)N1CCN(C(=O)[C@H]2[C@H](C(=O)O)C2(C)C)CC1. The van der Waals surface area contributed by atoms with Crippen LogP contribution < -0.4 is 0 Å². The lowest BCUT2D eigenvalue weighted by Crippen LogP contribution is -2.52. The van der Waals surface area contributed by atoms with Gasteiger partial charge in [-0.15, -0.1) is 0 Å². The molecule has 0 aromatic heterocycles. The molecule has 0 aromatic carbocycles. The predicted octanol–water partition coefficient (Wildman–Crippen LogP) is 1.42. The lowest BCUT2D eigenvalue weighted by atomic mass is 10.1. The Morgan fingerprint density at radius 2 is 1.48 bits per heavy atom. The zero-order chi connectivity index (χ0) is 17.6. The molecule has 0 aromatic rings. The predicted molar refractivity (Wildman–Crippen MR) is 82.8 cm³/mol. The van der Waals surface area contributed by atoms with Crippen LogP contribution in [0.15, 0.2) is 0 Å². The number of amides is 2. The second-order valence-electron chi connectivity index (χ2n) is 7.91. The van der Waals surface area contributed by atoms with Crippen LogP contribution in [0.2, 0.25) is 0 Å². The molecule has 2 fully saturated rings. The highest BCUT2D eigenvalue weighted by Crippen LogP contribution is 2.59. The van der Waals surface area contributed by atoms with E-state index in [9.17, 15) is 19.5 Å². The first kappa shape index (κ1) is 17.6. The number of nitrogens with zero attached hydrogens (tertiary/aromatic N) is 2. The van der Waals surface area contributed by atoms with Crippen molar-refractivity contribution in [3.05, 3.63) is 0 Å². The fraction of sp³-hybridized carbons (Fsp3) is 0.812. The lowest BCUT2D eigenvalue weighted by Gasteiger charge is -2.36. The van der Waals surface area contributed by atoms with Crippen LogP contribution in [0.3, 0.4) is 0 Å². The Balaban J connectivity index is 1.89. The van der Waals surface area contributed by atoms with Crippen molar-refractivity contribution in [1.29, 1.82) is 0 Å². The number of hydrogen-bond donors (Lipinski definition) is 1. The monoisotopic (exact) mass is 326 g/mol. The summed E-state index contributed by atoms with van der Waals surface area (Å²) in [5, 5.41) is 9.19. The molecule has 1 aliphatic heterocycles. The Morgan fingerprint density at radius 1 is 1.00 bits per heavy atom. The zero-order valence-electron chi connectivity index (χ0n) is 14.5. The van der Waals surface area contributed by atoms with Gasteiger partial charge >= 0.3 is 12.1 Å². The third-order valence-corrected chi connectivity index (χ3v) is 4.60. The van der Waals surface area contributed by atoms with E-state index in [1.165, 1.54) is 0 Å². The minimum atomic E-state index is -0.916. The van der Waals surface area contributed by atoms with E-state index in [-0.39, 0.29) is 12.0 Å². The van der Waals surface area contributed by atoms with Crippen LogP contribution in [0, 0.1) is 17.3 Å². The molecule has 1 heterocycles. The van der Waals surface area contributed by atoms with Crippen LogP contribution in [-0.2, 0) is 14.3 Å². The molecule has 130 valence electrons. The van der Waals surface area contributed by atoms with Gasteiger partial charge in [-0.2, -0.15) is 0 Å². The number of carboxylic acid groups (broad SMARTS) is 1. The van der Waals surface area contributed by atoms with Crippen molar-refractivity contribution in [2.75, 3.05) is 26.2 Å². The van der Waals surface area contributed by atoms with Gasteiger partial charge in [0, 0.05) is 26.2 Å². The minimum absolute atomic E-state index is 0.119. The van der Waals surface area contributed by atoms with Gasteiger partial charge in [0.05, 0.1) is 11.8 Å². The Hall–Kier alpha value is -1.79. The number of carbonyl (C=O) groups is 3. The van der Waals surface area contributed by atoms with E-state index in [0.29, 0.717) is 26.2 Å². The van der Waals surface area contributed by atoms with Crippen LogP contribution in [0.5, 0.6) is 0 Å². The highest BCUT2D eigenvalue weighted by molar-refractivity contribution is 5.91. The average Bonchev–Trinajstić information content (AvgIpc) is 2.99. The van der Waals surface area contributed by atoms with Gasteiger partial charge in [0.2, 0.25) is 5.91 Å². The van der Waals surface area contributed by atoms with Gasteiger partial charge in [0.25, 0.3) is 0 Å². The summed E-state index contributed by atoms with van der Waals surface area (Å²) >= 11 is 0. The summed E-state index contributed by atoms with van der Waals surface area (Å²) < 4.78 is 5.32. The molecule has 2 amide bonds. The van der Waals surface area contributed by atoms with Crippen LogP contribution in [-0.4, -0.2) is 64.7 Å². The standard InChI is InChI=1S/C16H26N2O5/c1-15(2,3)23-14(22)18-8-6-17(7-9-18)12(19)10-11(13(20)21)16(10,4)5/h10-11H,6-9H2,1-5H3,(H,20,21)/t10-,11-/m1/s1. The number of carboxylic acids is 1. The molecular weight excluding hydrogens is 300 g/mol. The summed E-state index contributed by atoms with van der Waals surface area (Å²) in [4.78, 5) is 39.0. The van der Waals surface area contributed by atoms with Gasteiger partial charge in [0.15, 0.2) is 0 Å².